The standard InChI is InChI=1S/C9H22N2O2S2/c1-8(2)14-7-9(11-10)5-4-6-15(3,12)13/h8-9,11H,4-7,10H2,1-3H3. The zero-order valence-corrected chi connectivity index (χ0v) is 11.3. The van der Waals surface area contributed by atoms with Crippen LogP contribution in [-0.4, -0.2) is 37.5 Å². The highest BCUT2D eigenvalue weighted by atomic mass is 32.2. The largest absolute Gasteiger partial charge is 0.271 e. The van der Waals surface area contributed by atoms with Crippen LogP contribution in [0.15, 0.2) is 0 Å². The van der Waals surface area contributed by atoms with Gasteiger partial charge in [-0.15, -0.1) is 0 Å². The van der Waals surface area contributed by atoms with Gasteiger partial charge in [0, 0.05) is 23.8 Å². The zero-order chi connectivity index (χ0) is 11.9. The van der Waals surface area contributed by atoms with E-state index < -0.39 is 9.84 Å². The van der Waals surface area contributed by atoms with Gasteiger partial charge in [0.1, 0.15) is 9.84 Å². The normalized spacial score (nSPS) is 14.5. The van der Waals surface area contributed by atoms with Gasteiger partial charge in [0.05, 0.1) is 0 Å². The SMILES string of the molecule is CC(C)SCC(CCCS(C)(=O)=O)NN. The van der Waals surface area contributed by atoms with Gasteiger partial charge in [0.25, 0.3) is 0 Å². The second kappa shape index (κ2) is 7.49. The number of hydrazine groups is 1. The van der Waals surface area contributed by atoms with Crippen LogP contribution in [0.2, 0.25) is 0 Å². The molecule has 1 unspecified atom stereocenters. The van der Waals surface area contributed by atoms with Crippen LogP contribution < -0.4 is 11.3 Å². The van der Waals surface area contributed by atoms with Gasteiger partial charge in [-0.1, -0.05) is 13.8 Å². The Bertz CT molecular complexity index is 253. The second-order valence-corrected chi connectivity index (χ2v) is 7.89. The Morgan fingerprint density at radius 1 is 1.40 bits per heavy atom. The Morgan fingerprint density at radius 3 is 2.40 bits per heavy atom. The summed E-state index contributed by atoms with van der Waals surface area (Å²) in [6.07, 6.45) is 2.75. The van der Waals surface area contributed by atoms with E-state index in [9.17, 15) is 8.42 Å². The third-order valence-electron chi connectivity index (χ3n) is 1.93. The molecule has 0 saturated heterocycles. The number of hydrogen-bond donors (Lipinski definition) is 2. The van der Waals surface area contributed by atoms with Crippen molar-refractivity contribution in [2.24, 2.45) is 5.84 Å². The molecule has 0 aromatic rings. The topological polar surface area (TPSA) is 72.2 Å². The van der Waals surface area contributed by atoms with Crippen LogP contribution in [0.3, 0.4) is 0 Å². The molecule has 0 aliphatic rings. The summed E-state index contributed by atoms with van der Waals surface area (Å²) in [5.41, 5.74) is 2.73. The van der Waals surface area contributed by atoms with Crippen molar-refractivity contribution < 1.29 is 8.42 Å². The fourth-order valence-corrected chi connectivity index (χ4v) is 2.69. The maximum atomic E-state index is 10.9. The first-order valence-electron chi connectivity index (χ1n) is 5.10. The van der Waals surface area contributed by atoms with Crippen molar-refractivity contribution in [3.63, 3.8) is 0 Å². The van der Waals surface area contributed by atoms with Gasteiger partial charge in [-0.05, 0) is 18.1 Å². The molecule has 0 spiro atoms. The number of thioether (sulfide) groups is 1. The Kier molecular flexibility index (Phi) is 7.60. The first-order valence-corrected chi connectivity index (χ1v) is 8.21. The molecule has 0 heterocycles. The average Bonchev–Trinajstić information content (AvgIpc) is 2.08. The van der Waals surface area contributed by atoms with Gasteiger partial charge in [-0.2, -0.15) is 11.8 Å². The third-order valence-corrected chi connectivity index (χ3v) is 4.23. The Labute approximate surface area is 97.3 Å². The number of nitrogens with one attached hydrogen (secondary N) is 1. The molecule has 3 N–H and O–H groups in total. The van der Waals surface area contributed by atoms with Crippen LogP contribution in [0, 0.1) is 0 Å². The van der Waals surface area contributed by atoms with E-state index in [0.717, 1.165) is 12.2 Å². The van der Waals surface area contributed by atoms with E-state index in [1.165, 1.54) is 6.26 Å². The molecule has 0 aliphatic heterocycles. The maximum absolute atomic E-state index is 10.9. The van der Waals surface area contributed by atoms with Crippen molar-refractivity contribution in [2.75, 3.05) is 17.8 Å². The summed E-state index contributed by atoms with van der Waals surface area (Å²) < 4.78 is 21.8. The predicted octanol–water partition coefficient (Wildman–Crippen LogP) is 0.785. The Hall–Kier alpha value is 0.220. The smallest absolute Gasteiger partial charge is 0.147 e. The number of rotatable bonds is 8. The van der Waals surface area contributed by atoms with Gasteiger partial charge < -0.3 is 0 Å². The fraction of sp³-hybridized carbons (Fsp3) is 1.00. The number of hydrogen-bond acceptors (Lipinski definition) is 5. The van der Waals surface area contributed by atoms with Gasteiger partial charge >= 0.3 is 0 Å². The zero-order valence-electron chi connectivity index (χ0n) is 9.69. The van der Waals surface area contributed by atoms with Crippen LogP contribution >= 0.6 is 11.8 Å². The maximum Gasteiger partial charge on any atom is 0.147 e. The summed E-state index contributed by atoms with van der Waals surface area (Å²) in [6, 6.07) is 0.208. The summed E-state index contributed by atoms with van der Waals surface area (Å²) in [7, 11) is -2.83. The van der Waals surface area contributed by atoms with Crippen molar-refractivity contribution >= 4 is 21.6 Å². The lowest BCUT2D eigenvalue weighted by atomic mass is 10.2. The van der Waals surface area contributed by atoms with Gasteiger partial charge in [0.2, 0.25) is 0 Å². The van der Waals surface area contributed by atoms with Crippen LogP contribution in [0.4, 0.5) is 0 Å². The van der Waals surface area contributed by atoms with Gasteiger partial charge in [0.15, 0.2) is 0 Å². The highest BCUT2D eigenvalue weighted by Crippen LogP contribution is 2.12. The lowest BCUT2D eigenvalue weighted by Crippen LogP contribution is -2.37. The molecule has 1 atom stereocenters. The molecule has 0 saturated carbocycles. The predicted molar refractivity (Wildman–Crippen MR) is 67.6 cm³/mol. The third kappa shape index (κ3) is 10.5. The molecule has 0 aromatic heterocycles. The highest BCUT2D eigenvalue weighted by Gasteiger charge is 2.09. The first kappa shape index (κ1) is 15.2. The summed E-state index contributed by atoms with van der Waals surface area (Å²) >= 11 is 1.83. The number of nitrogens with two attached hydrogens (primary N) is 1. The van der Waals surface area contributed by atoms with Crippen LogP contribution in [-0.2, 0) is 9.84 Å². The molecule has 92 valence electrons. The minimum absolute atomic E-state index is 0.208. The van der Waals surface area contributed by atoms with E-state index in [4.69, 9.17) is 5.84 Å². The van der Waals surface area contributed by atoms with E-state index in [-0.39, 0.29) is 11.8 Å². The summed E-state index contributed by atoms with van der Waals surface area (Å²) in [5, 5.41) is 0.579. The molecule has 4 nitrogen and oxygen atoms in total. The Balaban J connectivity index is 3.71. The molecule has 15 heavy (non-hydrogen) atoms. The molecular weight excluding hydrogens is 232 g/mol. The monoisotopic (exact) mass is 254 g/mol. The van der Waals surface area contributed by atoms with E-state index in [2.05, 4.69) is 19.3 Å². The van der Waals surface area contributed by atoms with Crippen LogP contribution in [0.1, 0.15) is 26.7 Å². The van der Waals surface area contributed by atoms with Crippen molar-refractivity contribution in [3.8, 4) is 0 Å². The molecule has 0 amide bonds. The molecular formula is C9H22N2O2S2. The summed E-state index contributed by atoms with van der Waals surface area (Å²) in [4.78, 5) is 0. The van der Waals surface area contributed by atoms with Crippen LogP contribution in [0.25, 0.3) is 0 Å². The minimum atomic E-state index is -2.83. The lowest BCUT2D eigenvalue weighted by molar-refractivity contribution is 0.528. The molecule has 0 radical (unpaired) electrons. The molecule has 0 aliphatic carbocycles. The quantitative estimate of drug-likeness (QED) is 0.495. The van der Waals surface area contributed by atoms with Gasteiger partial charge in [-0.3, -0.25) is 11.3 Å². The van der Waals surface area contributed by atoms with E-state index in [1.54, 1.807) is 0 Å². The average molecular weight is 254 g/mol. The van der Waals surface area contributed by atoms with E-state index >= 15 is 0 Å². The molecule has 0 bridgehead atoms. The number of sulfone groups is 1. The Morgan fingerprint density at radius 2 is 2.00 bits per heavy atom. The van der Waals surface area contributed by atoms with Crippen molar-refractivity contribution in [2.45, 2.75) is 38.0 Å². The molecule has 0 aromatic carbocycles. The molecule has 0 fully saturated rings. The summed E-state index contributed by atoms with van der Waals surface area (Å²) in [5.74, 6) is 6.57. The molecule has 6 heteroatoms. The van der Waals surface area contributed by atoms with Crippen molar-refractivity contribution in [1.82, 2.24) is 5.43 Å². The fourth-order valence-electron chi connectivity index (χ4n) is 1.12. The van der Waals surface area contributed by atoms with E-state index in [0.29, 0.717) is 11.7 Å². The van der Waals surface area contributed by atoms with Crippen LogP contribution in [0.5, 0.6) is 0 Å². The second-order valence-electron chi connectivity index (χ2n) is 4.02. The highest BCUT2D eigenvalue weighted by molar-refractivity contribution is 7.99. The van der Waals surface area contributed by atoms with Crippen molar-refractivity contribution in [1.29, 1.82) is 0 Å². The van der Waals surface area contributed by atoms with Crippen molar-refractivity contribution in [3.05, 3.63) is 0 Å². The minimum Gasteiger partial charge on any atom is -0.271 e. The molecule has 0 rings (SSSR count). The lowest BCUT2D eigenvalue weighted by Gasteiger charge is -2.16. The van der Waals surface area contributed by atoms with Gasteiger partial charge in [-0.25, -0.2) is 8.42 Å². The first-order chi connectivity index (χ1) is 6.85. The summed E-state index contributed by atoms with van der Waals surface area (Å²) in [6.45, 7) is 4.27. The van der Waals surface area contributed by atoms with E-state index in [1.807, 2.05) is 11.8 Å².